The molecule has 1 heterocycles. The van der Waals surface area contributed by atoms with Gasteiger partial charge in [0.15, 0.2) is 0 Å². The minimum absolute atomic E-state index is 0.223. The molecular formula is C21H19N3O3S. The molecule has 1 unspecified atom stereocenters. The van der Waals surface area contributed by atoms with E-state index in [1.807, 2.05) is 31.2 Å². The molecule has 3 N–H and O–H groups in total. The van der Waals surface area contributed by atoms with E-state index in [2.05, 4.69) is 15.4 Å². The van der Waals surface area contributed by atoms with E-state index in [0.717, 1.165) is 11.3 Å². The Hall–Kier alpha value is -3.16. The smallest absolute Gasteiger partial charge is 0.255 e. The Kier molecular flexibility index (Phi) is 4.62. The van der Waals surface area contributed by atoms with Gasteiger partial charge in [0.05, 0.1) is 5.69 Å². The van der Waals surface area contributed by atoms with E-state index < -0.39 is 16.2 Å². The number of carbonyl (C=O) groups excluding carboxylic acids is 1. The zero-order valence-electron chi connectivity index (χ0n) is 15.1. The fourth-order valence-electron chi connectivity index (χ4n) is 3.04. The van der Waals surface area contributed by atoms with Crippen LogP contribution in [0.3, 0.4) is 0 Å². The molecule has 0 aliphatic carbocycles. The summed E-state index contributed by atoms with van der Waals surface area (Å²) in [4.78, 5) is 12.6. The minimum atomic E-state index is -3.60. The molecule has 28 heavy (non-hydrogen) atoms. The van der Waals surface area contributed by atoms with Crippen LogP contribution in [0.25, 0.3) is 0 Å². The van der Waals surface area contributed by atoms with Gasteiger partial charge in [-0.2, -0.15) is 4.72 Å². The number of hydrogen-bond acceptors (Lipinski definition) is 4. The van der Waals surface area contributed by atoms with Gasteiger partial charge in [-0.05, 0) is 48.9 Å². The van der Waals surface area contributed by atoms with Crippen LogP contribution < -0.4 is 15.4 Å². The van der Waals surface area contributed by atoms with Crippen molar-refractivity contribution in [2.24, 2.45) is 0 Å². The average molecular weight is 393 g/mol. The maximum atomic E-state index is 12.4. The van der Waals surface area contributed by atoms with Crippen LogP contribution in [0.1, 0.15) is 27.7 Å². The van der Waals surface area contributed by atoms with E-state index in [9.17, 15) is 13.2 Å². The Labute approximate surface area is 163 Å². The Morgan fingerprint density at radius 1 is 0.929 bits per heavy atom. The van der Waals surface area contributed by atoms with Gasteiger partial charge in [0.1, 0.15) is 11.1 Å². The Morgan fingerprint density at radius 2 is 1.61 bits per heavy atom. The average Bonchev–Trinajstić information content (AvgIpc) is 2.69. The topological polar surface area (TPSA) is 87.3 Å². The molecule has 1 aliphatic heterocycles. The number of sulfonamides is 1. The molecule has 3 aromatic rings. The second kappa shape index (κ2) is 7.10. The van der Waals surface area contributed by atoms with E-state index in [0.29, 0.717) is 16.8 Å². The van der Waals surface area contributed by atoms with Crippen LogP contribution in [0.15, 0.2) is 77.7 Å². The summed E-state index contributed by atoms with van der Waals surface area (Å²) in [5.41, 5.74) is 3.59. The molecule has 0 saturated heterocycles. The number of hydrogen-bond donors (Lipinski definition) is 3. The molecule has 4 rings (SSSR count). The number of fused-ring (bicyclic) bond motifs is 1. The number of rotatable bonds is 3. The third-order valence-electron chi connectivity index (χ3n) is 4.57. The number of amides is 1. The molecule has 0 aromatic heterocycles. The number of nitrogens with one attached hydrogen (secondary N) is 3. The maximum Gasteiger partial charge on any atom is 0.255 e. The molecule has 6 nitrogen and oxygen atoms in total. The number of benzene rings is 3. The summed E-state index contributed by atoms with van der Waals surface area (Å²) >= 11 is 0. The van der Waals surface area contributed by atoms with Gasteiger partial charge >= 0.3 is 0 Å². The highest BCUT2D eigenvalue weighted by Gasteiger charge is 2.29. The number of aryl methyl sites for hydroxylation is 1. The second-order valence-corrected chi connectivity index (χ2v) is 8.32. The van der Waals surface area contributed by atoms with Crippen molar-refractivity contribution in [3.05, 3.63) is 89.5 Å². The van der Waals surface area contributed by atoms with Gasteiger partial charge in [0.2, 0.25) is 10.0 Å². The van der Waals surface area contributed by atoms with Gasteiger partial charge in [-0.25, -0.2) is 8.42 Å². The van der Waals surface area contributed by atoms with Crippen LogP contribution in [0.5, 0.6) is 0 Å². The summed E-state index contributed by atoms with van der Waals surface area (Å²) in [5, 5.41) is 6.02. The molecular weight excluding hydrogens is 374 g/mol. The van der Waals surface area contributed by atoms with Crippen LogP contribution in [0, 0.1) is 6.92 Å². The highest BCUT2D eigenvalue weighted by molar-refractivity contribution is 7.89. The first-order valence-electron chi connectivity index (χ1n) is 8.78. The van der Waals surface area contributed by atoms with Crippen LogP contribution >= 0.6 is 0 Å². The lowest BCUT2D eigenvalue weighted by Crippen LogP contribution is -2.38. The SMILES string of the molecule is Cc1ccc(NC(=O)c2ccc(C3Nc4ccccc4S(=O)(=O)N3)cc2)cc1. The van der Waals surface area contributed by atoms with E-state index >= 15 is 0 Å². The van der Waals surface area contributed by atoms with Crippen molar-refractivity contribution in [3.63, 3.8) is 0 Å². The zero-order valence-corrected chi connectivity index (χ0v) is 16.0. The summed E-state index contributed by atoms with van der Waals surface area (Å²) in [5.74, 6) is -0.224. The molecule has 0 bridgehead atoms. The fourth-order valence-corrected chi connectivity index (χ4v) is 4.35. The Balaban J connectivity index is 1.52. The van der Waals surface area contributed by atoms with Crippen molar-refractivity contribution in [3.8, 4) is 0 Å². The largest absolute Gasteiger partial charge is 0.364 e. The molecule has 1 amide bonds. The standard InChI is InChI=1S/C21H19N3O3S/c1-14-6-12-17(13-7-14)22-21(25)16-10-8-15(9-11-16)20-23-18-4-2-3-5-19(18)28(26,27)24-20/h2-13,20,23-24H,1H3,(H,22,25). The fraction of sp³-hybridized carbons (Fsp3) is 0.0952. The molecule has 0 spiro atoms. The van der Waals surface area contributed by atoms with Crippen LogP contribution in [0.2, 0.25) is 0 Å². The van der Waals surface area contributed by atoms with E-state index in [4.69, 9.17) is 0 Å². The quantitative estimate of drug-likeness (QED) is 0.634. The lowest BCUT2D eigenvalue weighted by molar-refractivity contribution is 0.102. The molecule has 0 radical (unpaired) electrons. The lowest BCUT2D eigenvalue weighted by atomic mass is 10.1. The molecule has 1 atom stereocenters. The number of carbonyl (C=O) groups is 1. The first-order valence-corrected chi connectivity index (χ1v) is 10.3. The normalized spacial score (nSPS) is 17.2. The van der Waals surface area contributed by atoms with Crippen LogP contribution in [-0.2, 0) is 10.0 Å². The first kappa shape index (κ1) is 18.2. The van der Waals surface area contributed by atoms with Crippen LogP contribution in [0.4, 0.5) is 11.4 Å². The Morgan fingerprint density at radius 3 is 2.32 bits per heavy atom. The summed E-state index contributed by atoms with van der Waals surface area (Å²) < 4.78 is 27.5. The van der Waals surface area contributed by atoms with Crippen molar-refractivity contribution in [2.75, 3.05) is 10.6 Å². The molecule has 0 fully saturated rings. The van der Waals surface area contributed by atoms with Crippen molar-refractivity contribution >= 4 is 27.3 Å². The summed E-state index contributed by atoms with van der Waals surface area (Å²) in [6, 6.07) is 21.1. The number of anilines is 2. The summed E-state index contributed by atoms with van der Waals surface area (Å²) in [7, 11) is -3.60. The zero-order chi connectivity index (χ0) is 19.7. The van der Waals surface area contributed by atoms with E-state index in [1.165, 1.54) is 0 Å². The van der Waals surface area contributed by atoms with Gasteiger partial charge in [-0.3, -0.25) is 4.79 Å². The summed E-state index contributed by atoms with van der Waals surface area (Å²) in [6.45, 7) is 1.98. The highest BCUT2D eigenvalue weighted by atomic mass is 32.2. The van der Waals surface area contributed by atoms with Gasteiger partial charge < -0.3 is 10.6 Å². The van der Waals surface area contributed by atoms with Crippen LogP contribution in [-0.4, -0.2) is 14.3 Å². The molecule has 142 valence electrons. The molecule has 0 saturated carbocycles. The third-order valence-corrected chi connectivity index (χ3v) is 6.05. The first-order chi connectivity index (χ1) is 13.4. The second-order valence-electron chi connectivity index (χ2n) is 6.64. The van der Waals surface area contributed by atoms with Gasteiger partial charge in [-0.15, -0.1) is 0 Å². The predicted molar refractivity (Wildman–Crippen MR) is 109 cm³/mol. The van der Waals surface area contributed by atoms with E-state index in [1.54, 1.807) is 48.5 Å². The molecule has 1 aliphatic rings. The van der Waals surface area contributed by atoms with Crippen molar-refractivity contribution in [1.82, 2.24) is 4.72 Å². The predicted octanol–water partition coefficient (Wildman–Crippen LogP) is 3.65. The monoisotopic (exact) mass is 393 g/mol. The lowest BCUT2D eigenvalue weighted by Gasteiger charge is -2.28. The van der Waals surface area contributed by atoms with Gasteiger partial charge in [-0.1, -0.05) is 42.0 Å². The van der Waals surface area contributed by atoms with Crippen molar-refractivity contribution in [1.29, 1.82) is 0 Å². The molecule has 3 aromatic carbocycles. The molecule has 7 heteroatoms. The highest BCUT2D eigenvalue weighted by Crippen LogP contribution is 2.30. The third kappa shape index (κ3) is 3.62. The summed E-state index contributed by atoms with van der Waals surface area (Å²) in [6.07, 6.45) is -0.603. The van der Waals surface area contributed by atoms with E-state index in [-0.39, 0.29) is 10.8 Å². The maximum absolute atomic E-state index is 12.4. The minimum Gasteiger partial charge on any atom is -0.364 e. The van der Waals surface area contributed by atoms with Gasteiger partial charge in [0.25, 0.3) is 5.91 Å². The number of para-hydroxylation sites is 1. The van der Waals surface area contributed by atoms with Crippen molar-refractivity contribution in [2.45, 2.75) is 18.0 Å². The van der Waals surface area contributed by atoms with Crippen molar-refractivity contribution < 1.29 is 13.2 Å². The Bertz CT molecular complexity index is 1120. The van der Waals surface area contributed by atoms with Gasteiger partial charge in [0, 0.05) is 11.3 Å².